The summed E-state index contributed by atoms with van der Waals surface area (Å²) < 4.78 is 0. The molecule has 1 N–H and O–H groups in total. The standard InChI is InChI=1S/C17H21ClN2S/c1-12(2)13-6-8-14(9-7-13)16(19-3)11-21-17-15(18)5-4-10-20-17/h4-10,12,16,19H,11H2,1-3H3. The van der Waals surface area contributed by atoms with E-state index in [1.807, 2.05) is 19.2 Å². The van der Waals surface area contributed by atoms with Crippen molar-refractivity contribution in [2.75, 3.05) is 12.8 Å². The lowest BCUT2D eigenvalue weighted by atomic mass is 10.00. The molecule has 112 valence electrons. The Morgan fingerprint density at radius 2 is 1.81 bits per heavy atom. The van der Waals surface area contributed by atoms with Crippen molar-refractivity contribution in [1.82, 2.24) is 10.3 Å². The minimum atomic E-state index is 0.286. The SMILES string of the molecule is CNC(CSc1ncccc1Cl)c1ccc(C(C)C)cc1. The second-order valence-corrected chi connectivity index (χ2v) is 6.68. The molecule has 0 radical (unpaired) electrons. The fourth-order valence-corrected chi connectivity index (χ4v) is 3.41. The number of nitrogens with one attached hydrogen (secondary N) is 1. The number of aromatic nitrogens is 1. The van der Waals surface area contributed by atoms with Crippen LogP contribution in [0.3, 0.4) is 0 Å². The third-order valence-electron chi connectivity index (χ3n) is 3.47. The first-order chi connectivity index (χ1) is 10.1. The van der Waals surface area contributed by atoms with Gasteiger partial charge in [0.2, 0.25) is 0 Å². The van der Waals surface area contributed by atoms with Gasteiger partial charge >= 0.3 is 0 Å². The normalized spacial score (nSPS) is 12.6. The molecule has 1 atom stereocenters. The maximum absolute atomic E-state index is 6.15. The fourth-order valence-electron chi connectivity index (χ4n) is 2.10. The summed E-state index contributed by atoms with van der Waals surface area (Å²) in [6.07, 6.45) is 1.78. The van der Waals surface area contributed by atoms with Crippen LogP contribution in [0.4, 0.5) is 0 Å². The van der Waals surface area contributed by atoms with Crippen molar-refractivity contribution in [3.63, 3.8) is 0 Å². The average molecular weight is 321 g/mol. The Kier molecular flexibility index (Phi) is 6.09. The van der Waals surface area contributed by atoms with Crippen LogP contribution in [0.15, 0.2) is 47.6 Å². The maximum atomic E-state index is 6.15. The van der Waals surface area contributed by atoms with Crippen LogP contribution in [-0.2, 0) is 0 Å². The second-order valence-electron chi connectivity index (χ2n) is 5.26. The highest BCUT2D eigenvalue weighted by Crippen LogP contribution is 2.28. The summed E-state index contributed by atoms with van der Waals surface area (Å²) in [5.74, 6) is 1.46. The monoisotopic (exact) mass is 320 g/mol. The molecule has 1 aromatic heterocycles. The molecule has 1 heterocycles. The minimum Gasteiger partial charge on any atom is -0.312 e. The Balaban J connectivity index is 2.04. The number of pyridine rings is 1. The van der Waals surface area contributed by atoms with Gasteiger partial charge in [0.1, 0.15) is 5.03 Å². The van der Waals surface area contributed by atoms with E-state index in [2.05, 4.69) is 48.4 Å². The van der Waals surface area contributed by atoms with Gasteiger partial charge in [0.25, 0.3) is 0 Å². The summed E-state index contributed by atoms with van der Waals surface area (Å²) in [7, 11) is 1.99. The first kappa shape index (κ1) is 16.3. The van der Waals surface area contributed by atoms with E-state index in [-0.39, 0.29) is 6.04 Å². The Morgan fingerprint density at radius 1 is 1.14 bits per heavy atom. The van der Waals surface area contributed by atoms with Crippen LogP contribution in [0.1, 0.15) is 36.9 Å². The van der Waals surface area contributed by atoms with Crippen molar-refractivity contribution in [3.8, 4) is 0 Å². The smallest absolute Gasteiger partial charge is 0.115 e. The van der Waals surface area contributed by atoms with E-state index in [0.717, 1.165) is 10.8 Å². The number of rotatable bonds is 6. The van der Waals surface area contributed by atoms with E-state index < -0.39 is 0 Å². The van der Waals surface area contributed by atoms with Crippen molar-refractivity contribution in [2.24, 2.45) is 0 Å². The van der Waals surface area contributed by atoms with Crippen LogP contribution in [-0.4, -0.2) is 17.8 Å². The lowest BCUT2D eigenvalue weighted by molar-refractivity contribution is 0.660. The topological polar surface area (TPSA) is 24.9 Å². The summed E-state index contributed by atoms with van der Waals surface area (Å²) in [4.78, 5) is 4.32. The first-order valence-electron chi connectivity index (χ1n) is 7.12. The molecule has 1 unspecified atom stereocenters. The number of thioether (sulfide) groups is 1. The van der Waals surface area contributed by atoms with Crippen molar-refractivity contribution < 1.29 is 0 Å². The summed E-state index contributed by atoms with van der Waals surface area (Å²) in [6.45, 7) is 4.42. The molecule has 0 spiro atoms. The van der Waals surface area contributed by atoms with Crippen LogP contribution in [0.25, 0.3) is 0 Å². The molecule has 0 aliphatic heterocycles. The lowest BCUT2D eigenvalue weighted by Crippen LogP contribution is -2.18. The molecular formula is C17H21ClN2S. The third-order valence-corrected chi connectivity index (χ3v) is 4.98. The quantitative estimate of drug-likeness (QED) is 0.765. The van der Waals surface area contributed by atoms with Gasteiger partial charge in [-0.05, 0) is 36.2 Å². The summed E-state index contributed by atoms with van der Waals surface area (Å²) in [6, 6.07) is 12.9. The molecule has 0 bridgehead atoms. The number of hydrogen-bond acceptors (Lipinski definition) is 3. The van der Waals surface area contributed by atoms with Gasteiger partial charge in [0.05, 0.1) is 5.02 Å². The van der Waals surface area contributed by atoms with Gasteiger partial charge in [0, 0.05) is 18.0 Å². The Labute approximate surface area is 136 Å². The zero-order valence-corrected chi connectivity index (χ0v) is 14.2. The molecule has 0 saturated carbocycles. The van der Waals surface area contributed by atoms with Crippen LogP contribution >= 0.6 is 23.4 Å². The van der Waals surface area contributed by atoms with E-state index in [9.17, 15) is 0 Å². The van der Waals surface area contributed by atoms with Crippen LogP contribution in [0, 0.1) is 0 Å². The second kappa shape index (κ2) is 7.83. The van der Waals surface area contributed by atoms with Gasteiger partial charge in [-0.2, -0.15) is 0 Å². The van der Waals surface area contributed by atoms with Gasteiger partial charge in [-0.3, -0.25) is 0 Å². The highest BCUT2D eigenvalue weighted by Gasteiger charge is 2.12. The van der Waals surface area contributed by atoms with E-state index >= 15 is 0 Å². The Hall–Kier alpha value is -1.03. The van der Waals surface area contributed by atoms with Gasteiger partial charge in [-0.1, -0.05) is 49.7 Å². The first-order valence-corrected chi connectivity index (χ1v) is 8.48. The van der Waals surface area contributed by atoms with Crippen LogP contribution < -0.4 is 5.32 Å². The summed E-state index contributed by atoms with van der Waals surface area (Å²) in [5, 5.41) is 4.97. The van der Waals surface area contributed by atoms with Gasteiger partial charge in [0.15, 0.2) is 0 Å². The average Bonchev–Trinajstić information content (AvgIpc) is 2.50. The van der Waals surface area contributed by atoms with Crippen molar-refractivity contribution in [3.05, 3.63) is 58.7 Å². The summed E-state index contributed by atoms with van der Waals surface area (Å²) >= 11 is 7.83. The predicted molar refractivity (Wildman–Crippen MR) is 92.3 cm³/mol. The largest absolute Gasteiger partial charge is 0.312 e. The predicted octanol–water partition coefficient (Wildman–Crippen LogP) is 4.91. The molecule has 4 heteroatoms. The number of hydrogen-bond donors (Lipinski definition) is 1. The van der Waals surface area contributed by atoms with E-state index in [1.54, 1.807) is 18.0 Å². The molecule has 21 heavy (non-hydrogen) atoms. The highest BCUT2D eigenvalue weighted by atomic mass is 35.5. The van der Waals surface area contributed by atoms with Crippen LogP contribution in [0.5, 0.6) is 0 Å². The molecule has 2 aromatic rings. The van der Waals surface area contributed by atoms with Crippen molar-refractivity contribution >= 4 is 23.4 Å². The van der Waals surface area contributed by atoms with Gasteiger partial charge in [-0.25, -0.2) is 4.98 Å². The molecule has 2 nitrogen and oxygen atoms in total. The van der Waals surface area contributed by atoms with Crippen molar-refractivity contribution in [2.45, 2.75) is 30.8 Å². The molecule has 0 saturated heterocycles. The molecule has 1 aromatic carbocycles. The molecule has 2 rings (SSSR count). The third kappa shape index (κ3) is 4.47. The van der Waals surface area contributed by atoms with E-state index in [1.165, 1.54) is 11.1 Å². The minimum absolute atomic E-state index is 0.286. The molecule has 0 fully saturated rings. The van der Waals surface area contributed by atoms with E-state index in [0.29, 0.717) is 10.9 Å². The lowest BCUT2D eigenvalue weighted by Gasteiger charge is -2.17. The maximum Gasteiger partial charge on any atom is 0.115 e. The molecule has 0 aliphatic carbocycles. The zero-order chi connectivity index (χ0) is 15.2. The van der Waals surface area contributed by atoms with Crippen LogP contribution in [0.2, 0.25) is 5.02 Å². The van der Waals surface area contributed by atoms with Gasteiger partial charge < -0.3 is 5.32 Å². The fraction of sp³-hybridized carbons (Fsp3) is 0.353. The molecular weight excluding hydrogens is 300 g/mol. The van der Waals surface area contributed by atoms with Crippen molar-refractivity contribution in [1.29, 1.82) is 0 Å². The Bertz CT molecular complexity index is 569. The number of benzene rings is 1. The molecule has 0 aliphatic rings. The summed E-state index contributed by atoms with van der Waals surface area (Å²) in [5.41, 5.74) is 2.66. The molecule has 0 amide bonds. The Morgan fingerprint density at radius 3 is 2.38 bits per heavy atom. The van der Waals surface area contributed by atoms with Gasteiger partial charge in [-0.15, -0.1) is 11.8 Å². The zero-order valence-electron chi connectivity index (χ0n) is 12.6. The van der Waals surface area contributed by atoms with E-state index in [4.69, 9.17) is 11.6 Å². The highest BCUT2D eigenvalue weighted by molar-refractivity contribution is 7.99. The number of halogens is 1. The number of nitrogens with zero attached hydrogens (tertiary/aromatic N) is 1.